The van der Waals surface area contributed by atoms with E-state index in [0.717, 1.165) is 31.6 Å². The average Bonchev–Trinajstić information content (AvgIpc) is 3.03. The molecule has 5 heteroatoms. The van der Waals surface area contributed by atoms with E-state index in [1.807, 2.05) is 6.07 Å². The Kier molecular flexibility index (Phi) is 5.56. The maximum Gasteiger partial charge on any atom is 0.220 e. The van der Waals surface area contributed by atoms with Crippen molar-refractivity contribution in [2.24, 2.45) is 5.92 Å². The summed E-state index contributed by atoms with van der Waals surface area (Å²) in [7, 11) is 0. The van der Waals surface area contributed by atoms with Gasteiger partial charge in [0.1, 0.15) is 0 Å². The van der Waals surface area contributed by atoms with Crippen LogP contribution in [-0.2, 0) is 17.9 Å². The molecule has 1 aliphatic heterocycles. The summed E-state index contributed by atoms with van der Waals surface area (Å²) in [6.07, 6.45) is 1.57. The Labute approximate surface area is 147 Å². The van der Waals surface area contributed by atoms with E-state index in [2.05, 4.69) is 34.5 Å². The van der Waals surface area contributed by atoms with Gasteiger partial charge in [0.15, 0.2) is 11.5 Å². The molecule has 1 heterocycles. The molecule has 0 aliphatic carbocycles. The first kappa shape index (κ1) is 17.3. The van der Waals surface area contributed by atoms with E-state index < -0.39 is 0 Å². The van der Waals surface area contributed by atoms with Crippen LogP contribution in [0.4, 0.5) is 0 Å². The van der Waals surface area contributed by atoms with Crippen LogP contribution in [0.1, 0.15) is 24.0 Å². The molecule has 0 aromatic heterocycles. The Morgan fingerprint density at radius 2 is 1.88 bits per heavy atom. The second-order valence-electron chi connectivity index (χ2n) is 6.68. The van der Waals surface area contributed by atoms with Gasteiger partial charge in [-0.1, -0.05) is 36.4 Å². The second-order valence-corrected chi connectivity index (χ2v) is 6.68. The Bertz CT molecular complexity index is 718. The molecule has 5 nitrogen and oxygen atoms in total. The zero-order valence-electron chi connectivity index (χ0n) is 14.2. The number of carbonyl (C=O) groups is 1. The quantitative estimate of drug-likeness (QED) is 0.707. The molecule has 2 aromatic carbocycles. The number of hydrogen-bond donors (Lipinski definition) is 3. The maximum absolute atomic E-state index is 12.1. The normalized spacial score (nSPS) is 17.5. The van der Waals surface area contributed by atoms with Gasteiger partial charge in [0.25, 0.3) is 0 Å². The van der Waals surface area contributed by atoms with E-state index >= 15 is 0 Å². The van der Waals surface area contributed by atoms with E-state index in [1.54, 1.807) is 6.07 Å². The van der Waals surface area contributed by atoms with Gasteiger partial charge in [-0.05, 0) is 42.1 Å². The third-order valence-electron chi connectivity index (χ3n) is 4.62. The summed E-state index contributed by atoms with van der Waals surface area (Å²) in [6, 6.07) is 15.0. The smallest absolute Gasteiger partial charge is 0.220 e. The monoisotopic (exact) mass is 340 g/mol. The van der Waals surface area contributed by atoms with E-state index in [1.165, 1.54) is 17.7 Å². The van der Waals surface area contributed by atoms with Crippen LogP contribution in [0, 0.1) is 5.92 Å². The Balaban J connectivity index is 1.42. The molecule has 1 saturated heterocycles. The van der Waals surface area contributed by atoms with Gasteiger partial charge in [-0.2, -0.15) is 0 Å². The number of nitrogens with zero attached hydrogens (tertiary/aromatic N) is 1. The van der Waals surface area contributed by atoms with Crippen LogP contribution in [0.25, 0.3) is 0 Å². The lowest BCUT2D eigenvalue weighted by Gasteiger charge is -2.16. The summed E-state index contributed by atoms with van der Waals surface area (Å²) >= 11 is 0. The largest absolute Gasteiger partial charge is 0.504 e. The fraction of sp³-hybridized carbons (Fsp3) is 0.350. The van der Waals surface area contributed by atoms with Crippen LogP contribution in [-0.4, -0.2) is 34.1 Å². The molecule has 132 valence electrons. The van der Waals surface area contributed by atoms with Crippen molar-refractivity contribution in [3.8, 4) is 11.5 Å². The van der Waals surface area contributed by atoms with Crippen molar-refractivity contribution < 1.29 is 15.0 Å². The first-order chi connectivity index (χ1) is 12.1. The van der Waals surface area contributed by atoms with Crippen molar-refractivity contribution >= 4 is 5.91 Å². The van der Waals surface area contributed by atoms with Crippen LogP contribution < -0.4 is 5.32 Å². The number of rotatable bonds is 6. The molecule has 0 bridgehead atoms. The van der Waals surface area contributed by atoms with Gasteiger partial charge in [0.2, 0.25) is 5.91 Å². The minimum Gasteiger partial charge on any atom is -0.504 e. The zero-order chi connectivity index (χ0) is 17.6. The Morgan fingerprint density at radius 1 is 1.08 bits per heavy atom. The molecule has 1 fully saturated rings. The SMILES string of the molecule is O=C(CC1CCN(Cc2ccccc2)C1)NCc1ccc(O)c(O)c1. The Hall–Kier alpha value is -2.53. The summed E-state index contributed by atoms with van der Waals surface area (Å²) in [6.45, 7) is 3.26. The summed E-state index contributed by atoms with van der Waals surface area (Å²) in [5.41, 5.74) is 2.07. The van der Waals surface area contributed by atoms with Crippen molar-refractivity contribution in [2.75, 3.05) is 13.1 Å². The molecular weight excluding hydrogens is 316 g/mol. The third kappa shape index (κ3) is 4.97. The summed E-state index contributed by atoms with van der Waals surface area (Å²) in [4.78, 5) is 14.5. The first-order valence-corrected chi connectivity index (χ1v) is 8.64. The van der Waals surface area contributed by atoms with E-state index in [0.29, 0.717) is 18.9 Å². The highest BCUT2D eigenvalue weighted by molar-refractivity contribution is 5.76. The predicted molar refractivity (Wildman–Crippen MR) is 96.1 cm³/mol. The summed E-state index contributed by atoms with van der Waals surface area (Å²) in [5.74, 6) is 0.0923. The summed E-state index contributed by atoms with van der Waals surface area (Å²) < 4.78 is 0. The third-order valence-corrected chi connectivity index (χ3v) is 4.62. The predicted octanol–water partition coefficient (Wildman–Crippen LogP) is 2.63. The van der Waals surface area contributed by atoms with E-state index in [9.17, 15) is 15.0 Å². The molecular formula is C20H24N2O3. The van der Waals surface area contributed by atoms with Gasteiger partial charge in [0, 0.05) is 26.1 Å². The fourth-order valence-electron chi connectivity index (χ4n) is 3.28. The van der Waals surface area contributed by atoms with Crippen LogP contribution in [0.2, 0.25) is 0 Å². The molecule has 1 unspecified atom stereocenters. The van der Waals surface area contributed by atoms with Crippen LogP contribution in [0.15, 0.2) is 48.5 Å². The van der Waals surface area contributed by atoms with Gasteiger partial charge in [-0.25, -0.2) is 0 Å². The van der Waals surface area contributed by atoms with Crippen molar-refractivity contribution in [3.05, 3.63) is 59.7 Å². The molecule has 1 amide bonds. The van der Waals surface area contributed by atoms with Gasteiger partial charge in [-0.3, -0.25) is 9.69 Å². The fourth-order valence-corrected chi connectivity index (χ4v) is 3.28. The number of benzene rings is 2. The lowest BCUT2D eigenvalue weighted by molar-refractivity contribution is -0.122. The lowest BCUT2D eigenvalue weighted by Crippen LogP contribution is -2.26. The molecule has 0 saturated carbocycles. The van der Waals surface area contributed by atoms with Gasteiger partial charge in [0.05, 0.1) is 0 Å². The van der Waals surface area contributed by atoms with Crippen molar-refractivity contribution in [1.29, 1.82) is 0 Å². The number of hydrogen-bond acceptors (Lipinski definition) is 4. The second kappa shape index (κ2) is 8.03. The number of nitrogens with one attached hydrogen (secondary N) is 1. The highest BCUT2D eigenvalue weighted by atomic mass is 16.3. The minimum atomic E-state index is -0.168. The summed E-state index contributed by atoms with van der Waals surface area (Å²) in [5, 5.41) is 21.7. The molecule has 1 atom stereocenters. The van der Waals surface area contributed by atoms with Crippen molar-refractivity contribution in [1.82, 2.24) is 10.2 Å². The van der Waals surface area contributed by atoms with E-state index in [-0.39, 0.29) is 17.4 Å². The molecule has 3 N–H and O–H groups in total. The number of aromatic hydroxyl groups is 2. The Morgan fingerprint density at radius 3 is 2.64 bits per heavy atom. The lowest BCUT2D eigenvalue weighted by atomic mass is 10.0. The molecule has 3 rings (SSSR count). The highest BCUT2D eigenvalue weighted by Crippen LogP contribution is 2.25. The zero-order valence-corrected chi connectivity index (χ0v) is 14.2. The van der Waals surface area contributed by atoms with Crippen LogP contribution >= 0.6 is 0 Å². The van der Waals surface area contributed by atoms with Gasteiger partial charge in [-0.15, -0.1) is 0 Å². The standard InChI is InChI=1S/C20H24N2O3/c23-18-7-6-16(10-19(18)24)12-21-20(25)11-17-8-9-22(14-17)13-15-4-2-1-3-5-15/h1-7,10,17,23-24H,8-9,11-14H2,(H,21,25). The van der Waals surface area contributed by atoms with Crippen molar-refractivity contribution in [2.45, 2.75) is 25.9 Å². The molecule has 0 spiro atoms. The number of phenols is 2. The topological polar surface area (TPSA) is 72.8 Å². The van der Waals surface area contributed by atoms with E-state index in [4.69, 9.17) is 0 Å². The van der Waals surface area contributed by atoms with Crippen LogP contribution in [0.3, 0.4) is 0 Å². The average molecular weight is 340 g/mol. The number of carbonyl (C=O) groups excluding carboxylic acids is 1. The number of likely N-dealkylation sites (tertiary alicyclic amines) is 1. The van der Waals surface area contributed by atoms with Gasteiger partial charge < -0.3 is 15.5 Å². The van der Waals surface area contributed by atoms with Crippen molar-refractivity contribution in [3.63, 3.8) is 0 Å². The molecule has 25 heavy (non-hydrogen) atoms. The number of amides is 1. The maximum atomic E-state index is 12.1. The first-order valence-electron chi connectivity index (χ1n) is 8.64. The highest BCUT2D eigenvalue weighted by Gasteiger charge is 2.24. The number of phenolic OH excluding ortho intramolecular Hbond substituents is 2. The molecule has 0 radical (unpaired) electrons. The van der Waals surface area contributed by atoms with Crippen LogP contribution in [0.5, 0.6) is 11.5 Å². The van der Waals surface area contributed by atoms with Gasteiger partial charge >= 0.3 is 0 Å². The minimum absolute atomic E-state index is 0.0270. The molecule has 2 aromatic rings. The molecule has 1 aliphatic rings.